The Morgan fingerprint density at radius 2 is 2.41 bits per heavy atom. The van der Waals surface area contributed by atoms with Crippen LogP contribution in [0.15, 0.2) is 24.5 Å². The van der Waals surface area contributed by atoms with Crippen LogP contribution in [-0.4, -0.2) is 35.6 Å². The lowest BCUT2D eigenvalue weighted by molar-refractivity contribution is 0.199. The minimum atomic E-state index is 0. The molecule has 0 radical (unpaired) electrons. The average molecular weight is 256 g/mol. The number of nitrogens with zero attached hydrogens (tertiary/aromatic N) is 2. The summed E-state index contributed by atoms with van der Waals surface area (Å²) in [4.78, 5) is 6.76. The van der Waals surface area contributed by atoms with Gasteiger partial charge in [-0.2, -0.15) is 0 Å². The van der Waals surface area contributed by atoms with Crippen LogP contribution >= 0.6 is 12.4 Å². The second-order valence-electron chi connectivity index (χ2n) is 4.48. The third-order valence-corrected chi connectivity index (χ3v) is 3.17. The van der Waals surface area contributed by atoms with E-state index < -0.39 is 0 Å². The van der Waals surface area contributed by atoms with Crippen LogP contribution in [0.2, 0.25) is 0 Å². The standard InChI is InChI=1S/C13H21N3.ClH/c1-2-8-16(13-5-7-15-10-13)11-12-4-3-6-14-9-12;/h3-4,6,9,13,15H,2,5,7-8,10-11H2,1H3;1H. The third kappa shape index (κ3) is 4.26. The van der Waals surface area contributed by atoms with Gasteiger partial charge in [-0.05, 0) is 37.6 Å². The Kier molecular flexibility index (Phi) is 6.48. The van der Waals surface area contributed by atoms with Crippen molar-refractivity contribution in [2.45, 2.75) is 32.4 Å². The fraction of sp³-hybridized carbons (Fsp3) is 0.615. The molecule has 1 unspecified atom stereocenters. The zero-order chi connectivity index (χ0) is 11.2. The average Bonchev–Trinajstić information content (AvgIpc) is 2.83. The molecule has 2 rings (SSSR count). The van der Waals surface area contributed by atoms with E-state index in [-0.39, 0.29) is 12.4 Å². The van der Waals surface area contributed by atoms with Gasteiger partial charge in [0, 0.05) is 31.5 Å². The summed E-state index contributed by atoms with van der Waals surface area (Å²) in [5, 5.41) is 3.44. The molecule has 1 saturated heterocycles. The molecule has 0 saturated carbocycles. The number of pyridine rings is 1. The monoisotopic (exact) mass is 255 g/mol. The molecule has 4 heteroatoms. The normalized spacial score (nSPS) is 19.3. The number of hydrogen-bond donors (Lipinski definition) is 1. The molecule has 1 aromatic heterocycles. The topological polar surface area (TPSA) is 28.2 Å². The first-order valence-electron chi connectivity index (χ1n) is 6.24. The Balaban J connectivity index is 0.00000144. The minimum absolute atomic E-state index is 0. The van der Waals surface area contributed by atoms with Gasteiger partial charge in [-0.1, -0.05) is 13.0 Å². The quantitative estimate of drug-likeness (QED) is 0.873. The molecule has 1 atom stereocenters. The van der Waals surface area contributed by atoms with Crippen molar-refractivity contribution in [2.75, 3.05) is 19.6 Å². The smallest absolute Gasteiger partial charge is 0.0312 e. The van der Waals surface area contributed by atoms with Crippen LogP contribution in [0.1, 0.15) is 25.3 Å². The molecule has 0 amide bonds. The molecule has 1 aliphatic heterocycles. The summed E-state index contributed by atoms with van der Waals surface area (Å²) in [6.45, 7) is 6.77. The summed E-state index contributed by atoms with van der Waals surface area (Å²) in [5.74, 6) is 0. The molecule has 0 bridgehead atoms. The molecule has 1 aromatic rings. The van der Waals surface area contributed by atoms with E-state index >= 15 is 0 Å². The van der Waals surface area contributed by atoms with E-state index in [0.29, 0.717) is 6.04 Å². The summed E-state index contributed by atoms with van der Waals surface area (Å²) >= 11 is 0. The minimum Gasteiger partial charge on any atom is -0.315 e. The van der Waals surface area contributed by atoms with Gasteiger partial charge in [0.1, 0.15) is 0 Å². The van der Waals surface area contributed by atoms with E-state index in [0.717, 1.165) is 19.6 Å². The largest absolute Gasteiger partial charge is 0.315 e. The summed E-state index contributed by atoms with van der Waals surface area (Å²) in [6, 6.07) is 4.89. The molecular weight excluding hydrogens is 234 g/mol. The van der Waals surface area contributed by atoms with Crippen LogP contribution in [0.5, 0.6) is 0 Å². The van der Waals surface area contributed by atoms with Crippen LogP contribution < -0.4 is 5.32 Å². The molecular formula is C13H22ClN3. The molecule has 0 aliphatic carbocycles. The number of halogens is 1. The first-order valence-corrected chi connectivity index (χ1v) is 6.24. The van der Waals surface area contributed by atoms with E-state index in [9.17, 15) is 0 Å². The van der Waals surface area contributed by atoms with Crippen LogP contribution in [0.25, 0.3) is 0 Å². The van der Waals surface area contributed by atoms with Gasteiger partial charge in [-0.3, -0.25) is 9.88 Å². The van der Waals surface area contributed by atoms with Gasteiger partial charge in [0.05, 0.1) is 0 Å². The van der Waals surface area contributed by atoms with Crippen molar-refractivity contribution in [3.8, 4) is 0 Å². The van der Waals surface area contributed by atoms with Gasteiger partial charge < -0.3 is 5.32 Å². The van der Waals surface area contributed by atoms with Crippen LogP contribution in [0, 0.1) is 0 Å². The van der Waals surface area contributed by atoms with Crippen LogP contribution in [-0.2, 0) is 6.54 Å². The summed E-state index contributed by atoms with van der Waals surface area (Å²) in [5.41, 5.74) is 1.32. The van der Waals surface area contributed by atoms with Crippen molar-refractivity contribution in [3.63, 3.8) is 0 Å². The molecule has 96 valence electrons. The van der Waals surface area contributed by atoms with Gasteiger partial charge in [0.15, 0.2) is 0 Å². The van der Waals surface area contributed by atoms with Crippen molar-refractivity contribution in [3.05, 3.63) is 30.1 Å². The van der Waals surface area contributed by atoms with Crippen molar-refractivity contribution in [1.82, 2.24) is 15.2 Å². The lowest BCUT2D eigenvalue weighted by atomic mass is 10.1. The zero-order valence-corrected chi connectivity index (χ0v) is 11.2. The van der Waals surface area contributed by atoms with Gasteiger partial charge in [-0.25, -0.2) is 0 Å². The zero-order valence-electron chi connectivity index (χ0n) is 10.4. The van der Waals surface area contributed by atoms with E-state index in [4.69, 9.17) is 0 Å². The Bertz CT molecular complexity index is 299. The molecule has 3 nitrogen and oxygen atoms in total. The SMILES string of the molecule is CCCN(Cc1cccnc1)C1CCNC1.Cl. The van der Waals surface area contributed by atoms with Gasteiger partial charge >= 0.3 is 0 Å². The van der Waals surface area contributed by atoms with Crippen LogP contribution in [0.3, 0.4) is 0 Å². The number of hydrogen-bond acceptors (Lipinski definition) is 3. The highest BCUT2D eigenvalue weighted by atomic mass is 35.5. The highest BCUT2D eigenvalue weighted by molar-refractivity contribution is 5.85. The fourth-order valence-electron chi connectivity index (χ4n) is 2.36. The highest BCUT2D eigenvalue weighted by Crippen LogP contribution is 2.13. The van der Waals surface area contributed by atoms with Crippen molar-refractivity contribution in [2.24, 2.45) is 0 Å². The molecule has 1 fully saturated rings. The van der Waals surface area contributed by atoms with Crippen molar-refractivity contribution >= 4 is 12.4 Å². The van der Waals surface area contributed by atoms with E-state index in [1.165, 1.54) is 24.9 Å². The molecule has 2 heterocycles. The van der Waals surface area contributed by atoms with Crippen LogP contribution in [0.4, 0.5) is 0 Å². The van der Waals surface area contributed by atoms with Gasteiger partial charge in [0.2, 0.25) is 0 Å². The maximum atomic E-state index is 4.18. The predicted octanol–water partition coefficient (Wildman–Crippen LogP) is 2.08. The molecule has 1 N–H and O–H groups in total. The predicted molar refractivity (Wildman–Crippen MR) is 73.5 cm³/mol. The molecule has 0 spiro atoms. The van der Waals surface area contributed by atoms with Gasteiger partial charge in [0.25, 0.3) is 0 Å². The Morgan fingerprint density at radius 1 is 1.53 bits per heavy atom. The van der Waals surface area contributed by atoms with Crippen molar-refractivity contribution in [1.29, 1.82) is 0 Å². The van der Waals surface area contributed by atoms with E-state index in [1.807, 2.05) is 18.5 Å². The molecule has 1 aliphatic rings. The second kappa shape index (κ2) is 7.64. The summed E-state index contributed by atoms with van der Waals surface area (Å²) in [6.07, 6.45) is 6.31. The summed E-state index contributed by atoms with van der Waals surface area (Å²) in [7, 11) is 0. The first kappa shape index (κ1) is 14.4. The molecule has 17 heavy (non-hydrogen) atoms. The number of nitrogens with one attached hydrogen (secondary N) is 1. The lowest BCUT2D eigenvalue weighted by Crippen LogP contribution is -2.36. The van der Waals surface area contributed by atoms with E-state index in [1.54, 1.807) is 0 Å². The highest BCUT2D eigenvalue weighted by Gasteiger charge is 2.21. The summed E-state index contributed by atoms with van der Waals surface area (Å²) < 4.78 is 0. The Hall–Kier alpha value is -0.640. The van der Waals surface area contributed by atoms with E-state index in [2.05, 4.69) is 28.2 Å². The van der Waals surface area contributed by atoms with Gasteiger partial charge in [-0.15, -0.1) is 12.4 Å². The Morgan fingerprint density at radius 3 is 3.00 bits per heavy atom. The number of rotatable bonds is 5. The fourth-order valence-corrected chi connectivity index (χ4v) is 2.36. The maximum absolute atomic E-state index is 4.18. The lowest BCUT2D eigenvalue weighted by Gasteiger charge is -2.27. The second-order valence-corrected chi connectivity index (χ2v) is 4.48. The third-order valence-electron chi connectivity index (χ3n) is 3.17. The Labute approximate surface area is 110 Å². The van der Waals surface area contributed by atoms with Crippen molar-refractivity contribution < 1.29 is 0 Å². The first-order chi connectivity index (χ1) is 7.90. The number of aromatic nitrogens is 1. The maximum Gasteiger partial charge on any atom is 0.0312 e. The molecule has 0 aromatic carbocycles.